The summed E-state index contributed by atoms with van der Waals surface area (Å²) in [5.74, 6) is 0.798. The Kier molecular flexibility index (Phi) is 6.59. The second-order valence-corrected chi connectivity index (χ2v) is 6.62. The van der Waals surface area contributed by atoms with Crippen molar-refractivity contribution in [3.05, 3.63) is 53.6 Å². The highest BCUT2D eigenvalue weighted by atomic mass is 16.5. The van der Waals surface area contributed by atoms with E-state index in [-0.39, 0.29) is 11.9 Å². The molecule has 1 aliphatic rings. The number of carbonyl (C=O) groups is 2. The summed E-state index contributed by atoms with van der Waals surface area (Å²) in [6, 6.07) is 12.6. The van der Waals surface area contributed by atoms with Crippen LogP contribution in [-0.4, -0.2) is 63.8 Å². The molecule has 1 fully saturated rings. The highest BCUT2D eigenvalue weighted by Crippen LogP contribution is 2.28. The Balaban J connectivity index is 1.61. The van der Waals surface area contributed by atoms with Crippen molar-refractivity contribution in [2.24, 2.45) is 0 Å². The molecule has 7 heteroatoms. The summed E-state index contributed by atoms with van der Waals surface area (Å²) in [4.78, 5) is 28.7. The molecule has 154 valence electrons. The molecule has 7 nitrogen and oxygen atoms in total. The van der Waals surface area contributed by atoms with Crippen LogP contribution in [0, 0.1) is 0 Å². The quantitative estimate of drug-likeness (QED) is 0.697. The maximum Gasteiger partial charge on any atom is 0.338 e. The van der Waals surface area contributed by atoms with Gasteiger partial charge >= 0.3 is 5.97 Å². The fourth-order valence-corrected chi connectivity index (χ4v) is 3.34. The third-order valence-corrected chi connectivity index (χ3v) is 4.94. The van der Waals surface area contributed by atoms with E-state index >= 15 is 0 Å². The number of amides is 1. The van der Waals surface area contributed by atoms with Gasteiger partial charge in [-0.2, -0.15) is 0 Å². The van der Waals surface area contributed by atoms with E-state index in [4.69, 9.17) is 14.2 Å². The third kappa shape index (κ3) is 4.62. The number of methoxy groups -OCH3 is 2. The van der Waals surface area contributed by atoms with E-state index < -0.39 is 0 Å². The standard InChI is InChI=1S/C22H26N2O5/c1-4-29-22(26)16-5-8-18(9-6-16)23-11-13-24(14-12-23)21(25)17-7-10-19(27-2)20(15-17)28-3/h5-10,15H,4,11-14H2,1-3H3. The minimum atomic E-state index is -0.315. The van der Waals surface area contributed by atoms with Crippen molar-refractivity contribution in [3.8, 4) is 11.5 Å². The van der Waals surface area contributed by atoms with Crippen LogP contribution in [0.25, 0.3) is 0 Å². The second kappa shape index (κ2) is 9.32. The maximum atomic E-state index is 12.9. The van der Waals surface area contributed by atoms with Crippen LogP contribution in [0.5, 0.6) is 11.5 Å². The zero-order valence-electron chi connectivity index (χ0n) is 17.0. The monoisotopic (exact) mass is 398 g/mol. The number of hydrogen-bond donors (Lipinski definition) is 0. The summed E-state index contributed by atoms with van der Waals surface area (Å²) in [5.41, 5.74) is 2.14. The fraction of sp³-hybridized carbons (Fsp3) is 0.364. The van der Waals surface area contributed by atoms with Crippen LogP contribution in [0.2, 0.25) is 0 Å². The zero-order chi connectivity index (χ0) is 20.8. The average Bonchev–Trinajstić information content (AvgIpc) is 2.78. The van der Waals surface area contributed by atoms with E-state index in [2.05, 4.69) is 4.90 Å². The van der Waals surface area contributed by atoms with Crippen molar-refractivity contribution in [1.29, 1.82) is 0 Å². The van der Waals surface area contributed by atoms with E-state index in [1.165, 1.54) is 0 Å². The minimum Gasteiger partial charge on any atom is -0.493 e. The number of carbonyl (C=O) groups excluding carboxylic acids is 2. The van der Waals surface area contributed by atoms with Crippen LogP contribution in [0.1, 0.15) is 27.6 Å². The molecule has 0 spiro atoms. The van der Waals surface area contributed by atoms with E-state index in [0.29, 0.717) is 42.3 Å². The Hall–Kier alpha value is -3.22. The molecule has 0 aromatic heterocycles. The molecule has 1 saturated heterocycles. The molecule has 0 bridgehead atoms. The van der Waals surface area contributed by atoms with Crippen LogP contribution in [0.4, 0.5) is 5.69 Å². The highest BCUT2D eigenvalue weighted by molar-refractivity contribution is 5.95. The SMILES string of the molecule is CCOC(=O)c1ccc(N2CCN(C(=O)c3ccc(OC)c(OC)c3)CC2)cc1. The summed E-state index contributed by atoms with van der Waals surface area (Å²) in [6.07, 6.45) is 0. The van der Waals surface area contributed by atoms with Crippen LogP contribution in [0.15, 0.2) is 42.5 Å². The smallest absolute Gasteiger partial charge is 0.338 e. The molecule has 1 heterocycles. The first-order valence-electron chi connectivity index (χ1n) is 9.60. The fourth-order valence-electron chi connectivity index (χ4n) is 3.34. The van der Waals surface area contributed by atoms with E-state index in [0.717, 1.165) is 18.8 Å². The number of esters is 1. The molecule has 0 unspecified atom stereocenters. The molecule has 0 saturated carbocycles. The number of ether oxygens (including phenoxy) is 3. The first-order valence-corrected chi connectivity index (χ1v) is 9.60. The summed E-state index contributed by atoms with van der Waals surface area (Å²) < 4.78 is 15.5. The molecule has 0 radical (unpaired) electrons. The molecule has 2 aromatic rings. The van der Waals surface area contributed by atoms with Gasteiger partial charge in [0.25, 0.3) is 5.91 Å². The highest BCUT2D eigenvalue weighted by Gasteiger charge is 2.23. The van der Waals surface area contributed by atoms with Gasteiger partial charge in [-0.3, -0.25) is 4.79 Å². The predicted molar refractivity (Wildman–Crippen MR) is 110 cm³/mol. The van der Waals surface area contributed by atoms with Crippen LogP contribution in [-0.2, 0) is 4.74 Å². The molecule has 3 rings (SSSR count). The van der Waals surface area contributed by atoms with E-state index in [9.17, 15) is 9.59 Å². The lowest BCUT2D eigenvalue weighted by Crippen LogP contribution is -2.48. The van der Waals surface area contributed by atoms with Crippen LogP contribution in [0.3, 0.4) is 0 Å². The topological polar surface area (TPSA) is 68.3 Å². The molecule has 29 heavy (non-hydrogen) atoms. The van der Waals surface area contributed by atoms with Gasteiger partial charge in [0.2, 0.25) is 0 Å². The Morgan fingerprint density at radius 3 is 2.07 bits per heavy atom. The minimum absolute atomic E-state index is 0.0248. The molecule has 2 aromatic carbocycles. The van der Waals surface area contributed by atoms with Gasteiger partial charge in [0.05, 0.1) is 26.4 Å². The van der Waals surface area contributed by atoms with Crippen LogP contribution >= 0.6 is 0 Å². The lowest BCUT2D eigenvalue weighted by atomic mass is 10.1. The normalized spacial score (nSPS) is 13.8. The third-order valence-electron chi connectivity index (χ3n) is 4.94. The van der Waals surface area contributed by atoms with Gasteiger partial charge < -0.3 is 24.0 Å². The molecule has 0 aliphatic carbocycles. The Morgan fingerprint density at radius 2 is 1.48 bits per heavy atom. The van der Waals surface area contributed by atoms with Gasteiger partial charge in [0, 0.05) is 37.4 Å². The molecule has 0 N–H and O–H groups in total. The van der Waals surface area contributed by atoms with Gasteiger partial charge in [-0.05, 0) is 49.4 Å². The molecular formula is C22H26N2O5. The molecule has 1 aliphatic heterocycles. The Bertz CT molecular complexity index is 858. The lowest BCUT2D eigenvalue weighted by Gasteiger charge is -2.36. The number of piperazine rings is 1. The van der Waals surface area contributed by atoms with Crippen molar-refractivity contribution in [1.82, 2.24) is 4.90 Å². The molecule has 1 amide bonds. The summed E-state index contributed by atoms with van der Waals surface area (Å²) in [5, 5.41) is 0. The lowest BCUT2D eigenvalue weighted by molar-refractivity contribution is 0.0526. The van der Waals surface area contributed by atoms with Crippen molar-refractivity contribution in [2.75, 3.05) is 51.9 Å². The largest absolute Gasteiger partial charge is 0.493 e. The number of benzene rings is 2. The summed E-state index contributed by atoms with van der Waals surface area (Å²) in [6.45, 7) is 4.82. The number of rotatable bonds is 6. The van der Waals surface area contributed by atoms with E-state index in [1.54, 1.807) is 51.5 Å². The Labute approximate surface area is 170 Å². The average molecular weight is 398 g/mol. The van der Waals surface area contributed by atoms with Gasteiger partial charge in [-0.25, -0.2) is 4.79 Å². The van der Waals surface area contributed by atoms with Gasteiger partial charge in [-0.15, -0.1) is 0 Å². The van der Waals surface area contributed by atoms with Gasteiger partial charge in [-0.1, -0.05) is 0 Å². The van der Waals surface area contributed by atoms with Crippen molar-refractivity contribution >= 4 is 17.6 Å². The Morgan fingerprint density at radius 1 is 0.862 bits per heavy atom. The first-order chi connectivity index (χ1) is 14.1. The first kappa shape index (κ1) is 20.5. The van der Waals surface area contributed by atoms with Crippen molar-refractivity contribution < 1.29 is 23.8 Å². The second-order valence-electron chi connectivity index (χ2n) is 6.62. The van der Waals surface area contributed by atoms with E-state index in [1.807, 2.05) is 17.0 Å². The van der Waals surface area contributed by atoms with Crippen molar-refractivity contribution in [3.63, 3.8) is 0 Å². The molecular weight excluding hydrogens is 372 g/mol. The molecule has 0 atom stereocenters. The summed E-state index contributed by atoms with van der Waals surface area (Å²) >= 11 is 0. The van der Waals surface area contributed by atoms with Crippen LogP contribution < -0.4 is 14.4 Å². The predicted octanol–water partition coefficient (Wildman–Crippen LogP) is 2.84. The zero-order valence-corrected chi connectivity index (χ0v) is 17.0. The van der Waals surface area contributed by atoms with Gasteiger partial charge in [0.1, 0.15) is 0 Å². The number of hydrogen-bond acceptors (Lipinski definition) is 6. The van der Waals surface area contributed by atoms with Gasteiger partial charge in [0.15, 0.2) is 11.5 Å². The maximum absolute atomic E-state index is 12.9. The number of anilines is 1. The van der Waals surface area contributed by atoms with Crippen molar-refractivity contribution in [2.45, 2.75) is 6.92 Å². The number of nitrogens with zero attached hydrogens (tertiary/aromatic N) is 2. The summed E-state index contributed by atoms with van der Waals surface area (Å²) in [7, 11) is 3.12.